The molecule has 1 aromatic heterocycles. The summed E-state index contributed by atoms with van der Waals surface area (Å²) in [4.78, 5) is 29.1. The Morgan fingerprint density at radius 3 is 2.71 bits per heavy atom. The fourth-order valence-corrected chi connectivity index (χ4v) is 4.14. The summed E-state index contributed by atoms with van der Waals surface area (Å²) in [5.41, 5.74) is 2.54. The number of amides is 2. The molecule has 28 heavy (non-hydrogen) atoms. The van der Waals surface area contributed by atoms with E-state index in [1.54, 1.807) is 6.26 Å². The van der Waals surface area contributed by atoms with Gasteiger partial charge in [0.25, 0.3) is 5.91 Å². The summed E-state index contributed by atoms with van der Waals surface area (Å²) in [6.07, 6.45) is 4.13. The van der Waals surface area contributed by atoms with Crippen LogP contribution in [0.3, 0.4) is 0 Å². The number of halogens is 1. The molecule has 150 valence electrons. The standard InChI is InChI=1S/C21H25ClN2O4/c1-14-10-19-16(12-17(14)22)15(13-28-19)11-20(25)23-5-3-6-24(8-7-23)21(26)18-4-2-9-27-18/h10,12-13,18H,2-9,11H2,1H3. The lowest BCUT2D eigenvalue weighted by Crippen LogP contribution is -2.42. The van der Waals surface area contributed by atoms with Crippen molar-refractivity contribution in [3.05, 3.63) is 34.5 Å². The van der Waals surface area contributed by atoms with Gasteiger partial charge in [0.2, 0.25) is 5.91 Å². The summed E-state index contributed by atoms with van der Waals surface area (Å²) in [6.45, 7) is 5.03. The third-order valence-electron chi connectivity index (χ3n) is 5.64. The number of nitrogens with zero attached hydrogens (tertiary/aromatic N) is 2. The Morgan fingerprint density at radius 2 is 1.93 bits per heavy atom. The van der Waals surface area contributed by atoms with Gasteiger partial charge in [-0.15, -0.1) is 0 Å². The van der Waals surface area contributed by atoms with Crippen LogP contribution >= 0.6 is 11.6 Å². The highest BCUT2D eigenvalue weighted by Gasteiger charge is 2.30. The summed E-state index contributed by atoms with van der Waals surface area (Å²) in [7, 11) is 0. The second-order valence-corrected chi connectivity index (χ2v) is 8.00. The molecule has 2 aliphatic rings. The molecule has 6 nitrogen and oxygen atoms in total. The van der Waals surface area contributed by atoms with Gasteiger partial charge in [-0.25, -0.2) is 0 Å². The summed E-state index contributed by atoms with van der Waals surface area (Å²) in [5.74, 6) is 0.114. The van der Waals surface area contributed by atoms with Crippen LogP contribution in [0.5, 0.6) is 0 Å². The molecule has 1 unspecified atom stereocenters. The fraction of sp³-hybridized carbons (Fsp3) is 0.524. The van der Waals surface area contributed by atoms with E-state index >= 15 is 0 Å². The van der Waals surface area contributed by atoms with Gasteiger partial charge < -0.3 is 19.0 Å². The normalized spacial score (nSPS) is 20.6. The first-order valence-electron chi connectivity index (χ1n) is 9.87. The molecule has 1 atom stereocenters. The maximum atomic E-state index is 12.9. The van der Waals surface area contributed by atoms with E-state index in [9.17, 15) is 9.59 Å². The first kappa shape index (κ1) is 19.3. The number of rotatable bonds is 3. The number of ether oxygens (including phenoxy) is 1. The minimum absolute atomic E-state index is 0.0470. The average molecular weight is 405 g/mol. The van der Waals surface area contributed by atoms with E-state index in [1.165, 1.54) is 0 Å². The second kappa shape index (κ2) is 8.13. The Morgan fingerprint density at radius 1 is 1.14 bits per heavy atom. The first-order valence-corrected chi connectivity index (χ1v) is 10.2. The van der Waals surface area contributed by atoms with Gasteiger partial charge in [0.1, 0.15) is 11.7 Å². The highest BCUT2D eigenvalue weighted by Crippen LogP contribution is 2.28. The van der Waals surface area contributed by atoms with Crippen molar-refractivity contribution < 1.29 is 18.7 Å². The third-order valence-corrected chi connectivity index (χ3v) is 6.05. The van der Waals surface area contributed by atoms with Crippen molar-refractivity contribution in [3.8, 4) is 0 Å². The zero-order valence-electron chi connectivity index (χ0n) is 16.1. The van der Waals surface area contributed by atoms with Crippen molar-refractivity contribution in [1.82, 2.24) is 9.80 Å². The Labute approximate surface area is 169 Å². The van der Waals surface area contributed by atoms with E-state index in [-0.39, 0.29) is 24.3 Å². The second-order valence-electron chi connectivity index (χ2n) is 7.60. The van der Waals surface area contributed by atoms with Crippen LogP contribution in [0, 0.1) is 6.92 Å². The number of hydrogen-bond donors (Lipinski definition) is 0. The zero-order valence-corrected chi connectivity index (χ0v) is 16.8. The van der Waals surface area contributed by atoms with E-state index < -0.39 is 0 Å². The SMILES string of the molecule is Cc1cc2occ(CC(=O)N3CCCN(C(=O)C4CCCO4)CC3)c2cc1Cl. The van der Waals surface area contributed by atoms with E-state index in [4.69, 9.17) is 20.8 Å². The number of carbonyl (C=O) groups excluding carboxylic acids is 2. The van der Waals surface area contributed by atoms with Gasteiger partial charge in [-0.3, -0.25) is 9.59 Å². The van der Waals surface area contributed by atoms with Crippen molar-refractivity contribution in [3.63, 3.8) is 0 Å². The smallest absolute Gasteiger partial charge is 0.251 e. The number of benzene rings is 1. The van der Waals surface area contributed by atoms with Crippen LogP contribution in [0.2, 0.25) is 5.02 Å². The lowest BCUT2D eigenvalue weighted by molar-refractivity contribution is -0.141. The first-order chi connectivity index (χ1) is 13.5. The topological polar surface area (TPSA) is 63.0 Å². The molecule has 2 fully saturated rings. The number of fused-ring (bicyclic) bond motifs is 1. The van der Waals surface area contributed by atoms with Crippen LogP contribution < -0.4 is 0 Å². The molecule has 0 radical (unpaired) electrons. The zero-order chi connectivity index (χ0) is 19.7. The van der Waals surface area contributed by atoms with Crippen molar-refractivity contribution >= 4 is 34.4 Å². The van der Waals surface area contributed by atoms with Crippen LogP contribution in [0.4, 0.5) is 0 Å². The van der Waals surface area contributed by atoms with Crippen LogP contribution in [0.1, 0.15) is 30.4 Å². The summed E-state index contributed by atoms with van der Waals surface area (Å²) in [5, 5.41) is 1.55. The molecule has 2 aliphatic heterocycles. The molecule has 1 aromatic carbocycles. The number of furan rings is 1. The number of hydrogen-bond acceptors (Lipinski definition) is 4. The highest BCUT2D eigenvalue weighted by molar-refractivity contribution is 6.32. The minimum Gasteiger partial charge on any atom is -0.464 e. The Hall–Kier alpha value is -2.05. The van der Waals surface area contributed by atoms with Gasteiger partial charge in [0, 0.05) is 48.8 Å². The molecule has 2 aromatic rings. The van der Waals surface area contributed by atoms with Crippen molar-refractivity contribution in [2.45, 2.75) is 38.7 Å². The van der Waals surface area contributed by atoms with Gasteiger partial charge in [-0.2, -0.15) is 0 Å². The van der Waals surface area contributed by atoms with Crippen LogP contribution in [-0.2, 0) is 20.7 Å². The average Bonchev–Trinajstić information content (AvgIpc) is 3.26. The van der Waals surface area contributed by atoms with E-state index in [0.717, 1.165) is 41.4 Å². The Kier molecular flexibility index (Phi) is 5.60. The number of aryl methyl sites for hydroxylation is 1. The monoisotopic (exact) mass is 404 g/mol. The molecule has 0 N–H and O–H groups in total. The van der Waals surface area contributed by atoms with Gasteiger partial charge >= 0.3 is 0 Å². The molecule has 3 heterocycles. The maximum Gasteiger partial charge on any atom is 0.251 e. The highest BCUT2D eigenvalue weighted by atomic mass is 35.5. The van der Waals surface area contributed by atoms with Gasteiger partial charge in [0.05, 0.1) is 12.7 Å². The van der Waals surface area contributed by atoms with E-state index in [0.29, 0.717) is 37.8 Å². The van der Waals surface area contributed by atoms with Crippen LogP contribution in [0.25, 0.3) is 11.0 Å². The summed E-state index contributed by atoms with van der Waals surface area (Å²) < 4.78 is 11.1. The minimum atomic E-state index is -0.298. The van der Waals surface area contributed by atoms with Gasteiger partial charge in [0.15, 0.2) is 0 Å². The van der Waals surface area contributed by atoms with E-state index in [1.807, 2.05) is 28.9 Å². The number of carbonyl (C=O) groups is 2. The molecule has 4 rings (SSSR count). The van der Waals surface area contributed by atoms with Gasteiger partial charge in [-0.05, 0) is 43.9 Å². The van der Waals surface area contributed by atoms with Crippen molar-refractivity contribution in [2.75, 3.05) is 32.8 Å². The summed E-state index contributed by atoms with van der Waals surface area (Å²) in [6, 6.07) is 3.76. The largest absolute Gasteiger partial charge is 0.464 e. The lowest BCUT2D eigenvalue weighted by Gasteiger charge is -2.24. The Bertz CT molecular complexity index is 888. The quantitative estimate of drug-likeness (QED) is 0.788. The van der Waals surface area contributed by atoms with E-state index in [2.05, 4.69) is 0 Å². The molecule has 0 spiro atoms. The van der Waals surface area contributed by atoms with Crippen LogP contribution in [0.15, 0.2) is 22.8 Å². The molecule has 0 bridgehead atoms. The third kappa shape index (κ3) is 3.89. The maximum absolute atomic E-state index is 12.9. The predicted molar refractivity (Wildman–Crippen MR) is 106 cm³/mol. The molecular formula is C21H25ClN2O4. The summed E-state index contributed by atoms with van der Waals surface area (Å²) >= 11 is 6.24. The van der Waals surface area contributed by atoms with Crippen LogP contribution in [-0.4, -0.2) is 60.5 Å². The molecule has 2 saturated heterocycles. The molecular weight excluding hydrogens is 380 g/mol. The molecule has 2 amide bonds. The van der Waals surface area contributed by atoms with Crippen molar-refractivity contribution in [1.29, 1.82) is 0 Å². The molecule has 7 heteroatoms. The fourth-order valence-electron chi connectivity index (χ4n) is 3.98. The Balaban J connectivity index is 1.40. The molecule has 0 saturated carbocycles. The molecule has 0 aliphatic carbocycles. The van der Waals surface area contributed by atoms with Gasteiger partial charge in [-0.1, -0.05) is 11.6 Å². The van der Waals surface area contributed by atoms with Crippen molar-refractivity contribution in [2.24, 2.45) is 0 Å². The lowest BCUT2D eigenvalue weighted by atomic mass is 10.1. The predicted octanol–water partition coefficient (Wildman–Crippen LogP) is 3.18.